The Morgan fingerprint density at radius 1 is 1.38 bits per heavy atom. The van der Waals surface area contributed by atoms with E-state index >= 15 is 0 Å². The Labute approximate surface area is 96.5 Å². The Kier molecular flexibility index (Phi) is 5.50. The van der Waals surface area contributed by atoms with Crippen LogP contribution in [0.3, 0.4) is 0 Å². The Morgan fingerprint density at radius 3 is 2.62 bits per heavy atom. The van der Waals surface area contributed by atoms with Crippen molar-refractivity contribution in [3.05, 3.63) is 24.5 Å². The first-order chi connectivity index (χ1) is 7.79. The molecule has 0 saturated carbocycles. The molecule has 0 bridgehead atoms. The fraction of sp³-hybridized carbons (Fsp3) is 0.500. The first-order valence-electron chi connectivity index (χ1n) is 5.70. The number of nitrogens with two attached hydrogens (primary N) is 1. The van der Waals surface area contributed by atoms with Gasteiger partial charge in [0.05, 0.1) is 0 Å². The minimum absolute atomic E-state index is 0.155. The molecule has 0 saturated heterocycles. The van der Waals surface area contributed by atoms with Gasteiger partial charge in [-0.1, -0.05) is 0 Å². The number of carbonyl (C=O) groups excluding carboxylic acids is 1. The Morgan fingerprint density at radius 2 is 2.06 bits per heavy atom. The molecule has 0 aliphatic rings. The van der Waals surface area contributed by atoms with E-state index in [-0.39, 0.29) is 5.91 Å². The highest BCUT2D eigenvalue weighted by Crippen LogP contribution is 2.13. The second kappa shape index (κ2) is 6.95. The van der Waals surface area contributed by atoms with E-state index < -0.39 is 0 Å². The second-order valence-corrected chi connectivity index (χ2v) is 3.59. The number of rotatable bonds is 6. The highest BCUT2D eigenvalue weighted by molar-refractivity contribution is 5.93. The molecule has 0 atom stereocenters. The fourth-order valence-corrected chi connectivity index (χ4v) is 1.58. The van der Waals surface area contributed by atoms with E-state index in [1.54, 1.807) is 17.3 Å². The zero-order valence-electron chi connectivity index (χ0n) is 9.72. The fourth-order valence-electron chi connectivity index (χ4n) is 1.58. The van der Waals surface area contributed by atoms with Crippen LogP contribution in [0.5, 0.6) is 0 Å². The van der Waals surface area contributed by atoms with Crippen LogP contribution in [0.4, 0.5) is 5.69 Å². The molecule has 4 nitrogen and oxygen atoms in total. The number of nitrogens with zero attached hydrogens (tertiary/aromatic N) is 2. The smallest absolute Gasteiger partial charge is 0.226 e. The van der Waals surface area contributed by atoms with Crippen molar-refractivity contribution in [1.29, 1.82) is 0 Å². The zero-order chi connectivity index (χ0) is 11.8. The van der Waals surface area contributed by atoms with Crippen molar-refractivity contribution >= 4 is 11.6 Å². The van der Waals surface area contributed by atoms with Crippen molar-refractivity contribution in [2.75, 3.05) is 18.0 Å². The number of hydrogen-bond acceptors (Lipinski definition) is 3. The lowest BCUT2D eigenvalue weighted by atomic mass is 10.2. The summed E-state index contributed by atoms with van der Waals surface area (Å²) in [6.07, 6.45) is 5.72. The summed E-state index contributed by atoms with van der Waals surface area (Å²) in [7, 11) is 0. The molecule has 0 aromatic carbocycles. The maximum atomic E-state index is 11.9. The lowest BCUT2D eigenvalue weighted by Crippen LogP contribution is -2.30. The summed E-state index contributed by atoms with van der Waals surface area (Å²) in [5.74, 6) is 0.155. The molecule has 0 radical (unpaired) electrons. The van der Waals surface area contributed by atoms with E-state index in [4.69, 9.17) is 5.73 Å². The molecular formula is C12H19N3O. The predicted octanol–water partition coefficient (Wildman–Crippen LogP) is 1.56. The van der Waals surface area contributed by atoms with Crippen LogP contribution in [0.15, 0.2) is 24.5 Å². The SMILES string of the molecule is CCN(C(=O)CCCCN)c1ccncc1. The van der Waals surface area contributed by atoms with Gasteiger partial charge in [0.15, 0.2) is 0 Å². The normalized spacial score (nSPS) is 10.1. The molecule has 1 aromatic heterocycles. The number of pyridine rings is 1. The van der Waals surface area contributed by atoms with Gasteiger partial charge in [-0.15, -0.1) is 0 Å². The summed E-state index contributed by atoms with van der Waals surface area (Å²) in [6, 6.07) is 3.70. The standard InChI is InChI=1S/C12H19N3O/c1-2-15(11-6-9-14-10-7-11)12(16)5-3-4-8-13/h6-7,9-10H,2-5,8,13H2,1H3. The molecule has 88 valence electrons. The van der Waals surface area contributed by atoms with Gasteiger partial charge in [0.25, 0.3) is 0 Å². The van der Waals surface area contributed by atoms with E-state index in [0.29, 0.717) is 19.5 Å². The number of amides is 1. The van der Waals surface area contributed by atoms with Crippen molar-refractivity contribution in [3.8, 4) is 0 Å². The molecular weight excluding hydrogens is 202 g/mol. The average Bonchev–Trinajstić information content (AvgIpc) is 2.32. The van der Waals surface area contributed by atoms with Gasteiger partial charge >= 0.3 is 0 Å². The molecule has 0 aliphatic heterocycles. The second-order valence-electron chi connectivity index (χ2n) is 3.59. The van der Waals surface area contributed by atoms with Gasteiger partial charge in [-0.25, -0.2) is 0 Å². The summed E-state index contributed by atoms with van der Waals surface area (Å²) in [5.41, 5.74) is 6.31. The van der Waals surface area contributed by atoms with E-state index in [0.717, 1.165) is 18.5 Å². The highest BCUT2D eigenvalue weighted by atomic mass is 16.2. The van der Waals surface area contributed by atoms with Crippen molar-refractivity contribution < 1.29 is 4.79 Å². The van der Waals surface area contributed by atoms with Gasteiger partial charge in [-0.3, -0.25) is 9.78 Å². The Bertz CT molecular complexity index is 313. The van der Waals surface area contributed by atoms with Crippen molar-refractivity contribution in [2.24, 2.45) is 5.73 Å². The van der Waals surface area contributed by atoms with Gasteiger partial charge in [0.2, 0.25) is 5.91 Å². The van der Waals surface area contributed by atoms with E-state index in [2.05, 4.69) is 4.98 Å². The van der Waals surface area contributed by atoms with Gasteiger partial charge in [0, 0.05) is 31.0 Å². The van der Waals surface area contributed by atoms with E-state index in [1.165, 1.54) is 0 Å². The van der Waals surface area contributed by atoms with Crippen LogP contribution in [0.1, 0.15) is 26.2 Å². The summed E-state index contributed by atoms with van der Waals surface area (Å²) < 4.78 is 0. The van der Waals surface area contributed by atoms with Crippen LogP contribution in [0.2, 0.25) is 0 Å². The largest absolute Gasteiger partial charge is 0.330 e. The lowest BCUT2D eigenvalue weighted by Gasteiger charge is -2.20. The maximum Gasteiger partial charge on any atom is 0.226 e. The third kappa shape index (κ3) is 3.62. The molecule has 16 heavy (non-hydrogen) atoms. The van der Waals surface area contributed by atoms with Gasteiger partial charge < -0.3 is 10.6 Å². The first-order valence-corrected chi connectivity index (χ1v) is 5.70. The first kappa shape index (κ1) is 12.6. The van der Waals surface area contributed by atoms with E-state index in [1.807, 2.05) is 19.1 Å². The molecule has 4 heteroatoms. The minimum atomic E-state index is 0.155. The van der Waals surface area contributed by atoms with Gasteiger partial charge in [0.1, 0.15) is 0 Å². The number of aromatic nitrogens is 1. The van der Waals surface area contributed by atoms with Crippen LogP contribution >= 0.6 is 0 Å². The highest BCUT2D eigenvalue weighted by Gasteiger charge is 2.12. The van der Waals surface area contributed by atoms with Crippen molar-refractivity contribution in [1.82, 2.24) is 4.98 Å². The molecule has 0 aliphatic carbocycles. The van der Waals surface area contributed by atoms with Crippen LogP contribution in [-0.2, 0) is 4.79 Å². The number of hydrogen-bond donors (Lipinski definition) is 1. The Balaban J connectivity index is 2.57. The quantitative estimate of drug-likeness (QED) is 0.742. The van der Waals surface area contributed by atoms with E-state index in [9.17, 15) is 4.79 Å². The van der Waals surface area contributed by atoms with Gasteiger partial charge in [-0.2, -0.15) is 0 Å². The minimum Gasteiger partial charge on any atom is -0.330 e. The third-order valence-corrected chi connectivity index (χ3v) is 2.44. The monoisotopic (exact) mass is 221 g/mol. The maximum absolute atomic E-state index is 11.9. The number of unbranched alkanes of at least 4 members (excludes halogenated alkanes) is 1. The van der Waals surface area contributed by atoms with Crippen molar-refractivity contribution in [3.63, 3.8) is 0 Å². The molecule has 1 amide bonds. The summed E-state index contributed by atoms with van der Waals surface area (Å²) in [5, 5.41) is 0. The third-order valence-electron chi connectivity index (χ3n) is 2.44. The molecule has 1 heterocycles. The summed E-state index contributed by atoms with van der Waals surface area (Å²) in [6.45, 7) is 3.31. The number of anilines is 1. The molecule has 1 aromatic rings. The van der Waals surface area contributed by atoms with Crippen LogP contribution in [0.25, 0.3) is 0 Å². The van der Waals surface area contributed by atoms with Crippen LogP contribution in [-0.4, -0.2) is 24.0 Å². The molecule has 0 unspecified atom stereocenters. The topological polar surface area (TPSA) is 59.2 Å². The summed E-state index contributed by atoms with van der Waals surface area (Å²) in [4.78, 5) is 17.6. The molecule has 2 N–H and O–H groups in total. The van der Waals surface area contributed by atoms with Crippen LogP contribution in [0, 0.1) is 0 Å². The average molecular weight is 221 g/mol. The van der Waals surface area contributed by atoms with Crippen LogP contribution < -0.4 is 10.6 Å². The summed E-state index contributed by atoms with van der Waals surface area (Å²) >= 11 is 0. The molecule has 1 rings (SSSR count). The van der Waals surface area contributed by atoms with Crippen molar-refractivity contribution in [2.45, 2.75) is 26.2 Å². The lowest BCUT2D eigenvalue weighted by molar-refractivity contribution is -0.118. The predicted molar refractivity (Wildman–Crippen MR) is 65.2 cm³/mol. The molecule has 0 spiro atoms. The Hall–Kier alpha value is -1.42. The zero-order valence-corrected chi connectivity index (χ0v) is 9.72. The van der Waals surface area contributed by atoms with Gasteiger partial charge in [-0.05, 0) is 38.4 Å². The number of carbonyl (C=O) groups is 1. The molecule has 0 fully saturated rings.